The first-order chi connectivity index (χ1) is 9.74. The number of hydrogen-bond acceptors (Lipinski definition) is 3. The van der Waals surface area contributed by atoms with E-state index in [4.69, 9.17) is 5.73 Å². The summed E-state index contributed by atoms with van der Waals surface area (Å²) >= 11 is 0. The van der Waals surface area contributed by atoms with Crippen molar-refractivity contribution in [3.05, 3.63) is 0 Å². The highest BCUT2D eigenvalue weighted by Gasteiger charge is 2.33. The highest BCUT2D eigenvalue weighted by atomic mass is 16.2. The van der Waals surface area contributed by atoms with E-state index < -0.39 is 0 Å². The number of nitrogens with two attached hydrogens (primary N) is 1. The van der Waals surface area contributed by atoms with E-state index in [0.717, 1.165) is 45.2 Å². The van der Waals surface area contributed by atoms with Crippen molar-refractivity contribution >= 4 is 5.91 Å². The quantitative estimate of drug-likeness (QED) is 0.780. The Morgan fingerprint density at radius 2 is 2.00 bits per heavy atom. The molecule has 1 aliphatic carbocycles. The van der Waals surface area contributed by atoms with Crippen molar-refractivity contribution in [2.24, 2.45) is 17.6 Å². The number of piperidine rings is 1. The highest BCUT2D eigenvalue weighted by molar-refractivity contribution is 5.79. The van der Waals surface area contributed by atoms with Gasteiger partial charge in [0.15, 0.2) is 0 Å². The van der Waals surface area contributed by atoms with Gasteiger partial charge in [-0.05, 0) is 51.1 Å². The van der Waals surface area contributed by atoms with Crippen LogP contribution < -0.4 is 11.1 Å². The monoisotopic (exact) mass is 281 g/mol. The first kappa shape index (κ1) is 15.8. The van der Waals surface area contributed by atoms with E-state index in [1.54, 1.807) is 0 Å². The summed E-state index contributed by atoms with van der Waals surface area (Å²) in [6.45, 7) is 6.39. The number of amides is 1. The average Bonchev–Trinajstić information content (AvgIpc) is 2.95. The Hall–Kier alpha value is -0.610. The largest absolute Gasteiger partial charge is 0.353 e. The Balaban J connectivity index is 1.71. The zero-order chi connectivity index (χ0) is 14.4. The number of likely N-dealkylation sites (tertiary alicyclic amines) is 1. The van der Waals surface area contributed by atoms with Gasteiger partial charge in [0.25, 0.3) is 0 Å². The van der Waals surface area contributed by atoms with E-state index in [2.05, 4.69) is 17.1 Å². The molecule has 1 amide bonds. The minimum atomic E-state index is 0.179. The van der Waals surface area contributed by atoms with Crippen LogP contribution in [0.1, 0.15) is 51.9 Å². The van der Waals surface area contributed by atoms with Gasteiger partial charge < -0.3 is 16.0 Å². The molecule has 1 heterocycles. The van der Waals surface area contributed by atoms with Gasteiger partial charge >= 0.3 is 0 Å². The van der Waals surface area contributed by atoms with Crippen LogP contribution >= 0.6 is 0 Å². The van der Waals surface area contributed by atoms with Gasteiger partial charge in [-0.2, -0.15) is 0 Å². The second kappa shape index (κ2) is 7.99. The minimum Gasteiger partial charge on any atom is -0.353 e. The maximum Gasteiger partial charge on any atom is 0.223 e. The molecule has 0 bridgehead atoms. The topological polar surface area (TPSA) is 58.4 Å². The first-order valence-electron chi connectivity index (χ1n) is 8.47. The van der Waals surface area contributed by atoms with Gasteiger partial charge in [0.1, 0.15) is 0 Å². The van der Waals surface area contributed by atoms with Crippen LogP contribution in [0.15, 0.2) is 0 Å². The molecule has 2 fully saturated rings. The third-order valence-corrected chi connectivity index (χ3v) is 5.06. The van der Waals surface area contributed by atoms with Crippen LogP contribution in [0.5, 0.6) is 0 Å². The molecule has 1 saturated carbocycles. The summed E-state index contributed by atoms with van der Waals surface area (Å²) < 4.78 is 0. The molecular formula is C16H31N3O. The third kappa shape index (κ3) is 4.19. The number of nitrogens with one attached hydrogen (secondary N) is 1. The number of nitrogens with zero attached hydrogens (tertiary/aromatic N) is 1. The number of carbonyl (C=O) groups excluding carboxylic acids is 1. The number of rotatable bonds is 6. The van der Waals surface area contributed by atoms with E-state index in [1.807, 2.05) is 0 Å². The van der Waals surface area contributed by atoms with Crippen molar-refractivity contribution in [3.8, 4) is 0 Å². The molecule has 2 aliphatic rings. The van der Waals surface area contributed by atoms with Gasteiger partial charge in [0.2, 0.25) is 5.91 Å². The Morgan fingerprint density at radius 3 is 2.65 bits per heavy atom. The van der Waals surface area contributed by atoms with Crippen molar-refractivity contribution in [1.29, 1.82) is 0 Å². The van der Waals surface area contributed by atoms with Crippen LogP contribution in [0.2, 0.25) is 0 Å². The van der Waals surface area contributed by atoms with Gasteiger partial charge in [0.05, 0.1) is 0 Å². The third-order valence-electron chi connectivity index (χ3n) is 5.06. The van der Waals surface area contributed by atoms with Gasteiger partial charge in [-0.1, -0.05) is 19.8 Å². The number of carbonyl (C=O) groups is 1. The van der Waals surface area contributed by atoms with Gasteiger partial charge in [-0.3, -0.25) is 4.79 Å². The molecule has 20 heavy (non-hydrogen) atoms. The summed E-state index contributed by atoms with van der Waals surface area (Å²) in [6.07, 6.45) is 8.09. The van der Waals surface area contributed by atoms with Crippen molar-refractivity contribution in [2.75, 3.05) is 26.2 Å². The molecule has 1 aliphatic heterocycles. The van der Waals surface area contributed by atoms with Crippen LogP contribution in [-0.4, -0.2) is 43.0 Å². The molecule has 116 valence electrons. The average molecular weight is 281 g/mol. The predicted octanol–water partition coefficient (Wildman–Crippen LogP) is 1.74. The molecular weight excluding hydrogens is 250 g/mol. The molecule has 0 aromatic rings. The fourth-order valence-electron chi connectivity index (χ4n) is 3.65. The normalized spacial score (nSPS) is 28.7. The smallest absolute Gasteiger partial charge is 0.223 e. The Labute approximate surface area is 123 Å². The molecule has 2 atom stereocenters. The summed E-state index contributed by atoms with van der Waals surface area (Å²) in [5.41, 5.74) is 5.77. The SMILES string of the molecule is CCCCN1CCC(NC(=O)C2CCCC2CN)CC1. The lowest BCUT2D eigenvalue weighted by Gasteiger charge is -2.33. The molecule has 2 unspecified atom stereocenters. The van der Waals surface area contributed by atoms with E-state index in [9.17, 15) is 4.79 Å². The minimum absolute atomic E-state index is 0.179. The van der Waals surface area contributed by atoms with Crippen molar-refractivity contribution in [2.45, 2.75) is 57.9 Å². The van der Waals surface area contributed by atoms with Gasteiger partial charge in [-0.15, -0.1) is 0 Å². The Morgan fingerprint density at radius 1 is 1.25 bits per heavy atom. The van der Waals surface area contributed by atoms with Crippen molar-refractivity contribution < 1.29 is 4.79 Å². The number of hydrogen-bond donors (Lipinski definition) is 2. The van der Waals surface area contributed by atoms with Crippen LogP contribution in [0.25, 0.3) is 0 Å². The highest BCUT2D eigenvalue weighted by Crippen LogP contribution is 2.31. The zero-order valence-corrected chi connectivity index (χ0v) is 12.9. The Bertz CT molecular complexity index is 300. The van der Waals surface area contributed by atoms with Crippen LogP contribution in [0, 0.1) is 11.8 Å². The van der Waals surface area contributed by atoms with E-state index in [1.165, 1.54) is 19.4 Å². The molecule has 2 rings (SSSR count). The molecule has 3 N–H and O–H groups in total. The van der Waals surface area contributed by atoms with Crippen molar-refractivity contribution in [1.82, 2.24) is 10.2 Å². The summed E-state index contributed by atoms with van der Waals surface area (Å²) in [5.74, 6) is 0.864. The fourth-order valence-corrected chi connectivity index (χ4v) is 3.65. The predicted molar refractivity (Wildman–Crippen MR) is 82.4 cm³/mol. The summed E-state index contributed by atoms with van der Waals surface area (Å²) in [4.78, 5) is 14.9. The fraction of sp³-hybridized carbons (Fsp3) is 0.938. The maximum absolute atomic E-state index is 12.4. The molecule has 1 saturated heterocycles. The molecule has 0 spiro atoms. The molecule has 0 aromatic carbocycles. The van der Waals surface area contributed by atoms with Gasteiger partial charge in [-0.25, -0.2) is 0 Å². The van der Waals surface area contributed by atoms with Crippen molar-refractivity contribution in [3.63, 3.8) is 0 Å². The molecule has 0 aromatic heterocycles. The second-order valence-corrected chi connectivity index (χ2v) is 6.51. The second-order valence-electron chi connectivity index (χ2n) is 6.51. The van der Waals surface area contributed by atoms with E-state index in [-0.39, 0.29) is 11.8 Å². The van der Waals surface area contributed by atoms with E-state index in [0.29, 0.717) is 18.5 Å². The summed E-state index contributed by atoms with van der Waals surface area (Å²) in [6, 6.07) is 0.388. The molecule has 4 nitrogen and oxygen atoms in total. The molecule has 4 heteroatoms. The summed E-state index contributed by atoms with van der Waals surface area (Å²) in [5, 5.41) is 3.28. The lowest BCUT2D eigenvalue weighted by atomic mass is 9.94. The lowest BCUT2D eigenvalue weighted by molar-refractivity contribution is -0.127. The number of unbranched alkanes of at least 4 members (excludes halogenated alkanes) is 1. The zero-order valence-electron chi connectivity index (χ0n) is 12.9. The lowest BCUT2D eigenvalue weighted by Crippen LogP contribution is -2.47. The first-order valence-corrected chi connectivity index (χ1v) is 8.47. The Kier molecular flexibility index (Phi) is 6.30. The van der Waals surface area contributed by atoms with Crippen LogP contribution in [0.4, 0.5) is 0 Å². The van der Waals surface area contributed by atoms with Crippen LogP contribution in [0.3, 0.4) is 0 Å². The standard InChI is InChI=1S/C16H31N3O/c1-2-3-9-19-10-7-14(8-11-19)18-16(20)15-6-4-5-13(15)12-17/h13-15H,2-12,17H2,1H3,(H,18,20). The summed E-state index contributed by atoms with van der Waals surface area (Å²) in [7, 11) is 0. The van der Waals surface area contributed by atoms with E-state index >= 15 is 0 Å². The van der Waals surface area contributed by atoms with Gasteiger partial charge in [0, 0.05) is 25.0 Å². The van der Waals surface area contributed by atoms with Crippen LogP contribution in [-0.2, 0) is 4.79 Å². The maximum atomic E-state index is 12.4. The molecule has 0 radical (unpaired) electrons.